The number of rotatable bonds is 13. The van der Waals surface area contributed by atoms with Gasteiger partial charge in [-0.1, -0.05) is 42.0 Å². The molecule has 0 aliphatic carbocycles. The minimum absolute atomic E-state index is 0.175. The second-order valence-electron chi connectivity index (χ2n) is 5.71. The molecule has 0 saturated heterocycles. The molecule has 0 aromatic heterocycles. The quantitative estimate of drug-likeness (QED) is 0.255. The van der Waals surface area contributed by atoms with E-state index in [-0.39, 0.29) is 6.61 Å². The fourth-order valence-corrected chi connectivity index (χ4v) is 3.71. The van der Waals surface area contributed by atoms with Gasteiger partial charge in [0.05, 0.1) is 13.2 Å². The Kier molecular flexibility index (Phi) is 10.5. The topological polar surface area (TPSA) is 123 Å². The standard InChI is InChI=1S/C16H26O8P2/c1-15(9-7-13-23-26(20,21)24-25(17,18)19)8-5-6-12-22-14-16-10-3-2-4-11-16/h2-4,9-11H,5-8,12-14H2,1H3,(H,20,21)(H2,17,18,19)/b15-9+. The smallest absolute Gasteiger partial charge is 0.377 e. The van der Waals surface area contributed by atoms with Crippen molar-refractivity contribution >= 4 is 15.6 Å². The van der Waals surface area contributed by atoms with Crippen molar-refractivity contribution in [2.45, 2.75) is 39.2 Å². The molecule has 0 radical (unpaired) electrons. The van der Waals surface area contributed by atoms with E-state index in [2.05, 4.69) is 8.83 Å². The molecule has 0 fully saturated rings. The third-order valence-corrected chi connectivity index (χ3v) is 5.48. The Morgan fingerprint density at radius 3 is 2.42 bits per heavy atom. The van der Waals surface area contributed by atoms with Gasteiger partial charge in [-0.05, 0) is 38.2 Å². The summed E-state index contributed by atoms with van der Waals surface area (Å²) in [7, 11) is -9.81. The predicted molar refractivity (Wildman–Crippen MR) is 97.2 cm³/mol. The van der Waals surface area contributed by atoms with Crippen LogP contribution in [-0.2, 0) is 29.3 Å². The van der Waals surface area contributed by atoms with Crippen LogP contribution in [0.25, 0.3) is 0 Å². The highest BCUT2D eigenvalue weighted by Crippen LogP contribution is 2.57. The molecule has 148 valence electrons. The Morgan fingerprint density at radius 2 is 1.77 bits per heavy atom. The molecule has 1 atom stereocenters. The molecule has 0 aliphatic heterocycles. The molecule has 0 bridgehead atoms. The van der Waals surface area contributed by atoms with E-state index in [0.29, 0.717) is 19.6 Å². The number of hydrogen-bond acceptors (Lipinski definition) is 5. The lowest BCUT2D eigenvalue weighted by Crippen LogP contribution is -1.96. The summed E-state index contributed by atoms with van der Waals surface area (Å²) in [6, 6.07) is 9.96. The Labute approximate surface area is 153 Å². The molecule has 1 aromatic carbocycles. The summed E-state index contributed by atoms with van der Waals surface area (Å²) in [5.74, 6) is 0. The minimum atomic E-state index is -5.06. The van der Waals surface area contributed by atoms with Crippen molar-refractivity contribution in [1.29, 1.82) is 0 Å². The second-order valence-corrected chi connectivity index (χ2v) is 8.54. The van der Waals surface area contributed by atoms with E-state index in [1.54, 1.807) is 0 Å². The number of allylic oxidation sites excluding steroid dienone is 1. The summed E-state index contributed by atoms with van der Waals surface area (Å²) in [6.07, 6.45) is 4.94. The third-order valence-electron chi connectivity index (χ3n) is 3.30. The molecule has 1 aromatic rings. The zero-order valence-electron chi connectivity index (χ0n) is 14.7. The van der Waals surface area contributed by atoms with Crippen LogP contribution in [0.15, 0.2) is 42.0 Å². The van der Waals surface area contributed by atoms with Crippen LogP contribution in [0.2, 0.25) is 0 Å². The average molecular weight is 408 g/mol. The number of phosphoric ester groups is 1. The first-order chi connectivity index (χ1) is 12.2. The summed E-state index contributed by atoms with van der Waals surface area (Å²) < 4.78 is 35.5. The van der Waals surface area contributed by atoms with Crippen LogP contribution in [0.3, 0.4) is 0 Å². The van der Waals surface area contributed by atoms with Gasteiger partial charge in [0.2, 0.25) is 0 Å². The van der Waals surface area contributed by atoms with Gasteiger partial charge < -0.3 is 19.4 Å². The number of unbranched alkanes of at least 4 members (excludes halogenated alkanes) is 1. The predicted octanol–water partition coefficient (Wildman–Crippen LogP) is 3.94. The first-order valence-corrected chi connectivity index (χ1v) is 11.2. The maximum absolute atomic E-state index is 11.2. The molecule has 3 N–H and O–H groups in total. The normalized spacial score (nSPS) is 15.0. The minimum Gasteiger partial charge on any atom is -0.377 e. The molecule has 0 spiro atoms. The molecule has 0 amide bonds. The van der Waals surface area contributed by atoms with Crippen molar-refractivity contribution in [3.63, 3.8) is 0 Å². The third kappa shape index (κ3) is 12.5. The van der Waals surface area contributed by atoms with E-state index >= 15 is 0 Å². The van der Waals surface area contributed by atoms with Crippen LogP contribution < -0.4 is 0 Å². The van der Waals surface area contributed by atoms with Gasteiger partial charge in [0, 0.05) is 6.61 Å². The second kappa shape index (κ2) is 11.8. The fraction of sp³-hybridized carbons (Fsp3) is 0.500. The highest BCUT2D eigenvalue weighted by Gasteiger charge is 2.31. The maximum Gasteiger partial charge on any atom is 0.481 e. The lowest BCUT2D eigenvalue weighted by molar-refractivity contribution is 0.117. The summed E-state index contributed by atoms with van der Waals surface area (Å²) in [5.41, 5.74) is 2.24. The van der Waals surface area contributed by atoms with Gasteiger partial charge in [-0.15, -0.1) is 0 Å². The number of hydrogen-bond donors (Lipinski definition) is 3. The SMILES string of the molecule is C/C(=C\CCOP(=O)(O)OP(=O)(O)O)CCCCOCc1ccccc1. The zero-order valence-corrected chi connectivity index (χ0v) is 16.5. The van der Waals surface area contributed by atoms with E-state index in [1.807, 2.05) is 43.3 Å². The van der Waals surface area contributed by atoms with Gasteiger partial charge >= 0.3 is 15.6 Å². The highest BCUT2D eigenvalue weighted by molar-refractivity contribution is 7.60. The van der Waals surface area contributed by atoms with Gasteiger partial charge in [0.25, 0.3) is 0 Å². The number of phosphoric acid groups is 2. The van der Waals surface area contributed by atoms with Crippen molar-refractivity contribution in [3.8, 4) is 0 Å². The Hall–Kier alpha value is -0.820. The van der Waals surface area contributed by atoms with Crippen molar-refractivity contribution in [3.05, 3.63) is 47.5 Å². The zero-order chi connectivity index (χ0) is 19.5. The van der Waals surface area contributed by atoms with Crippen LogP contribution in [0.5, 0.6) is 0 Å². The van der Waals surface area contributed by atoms with E-state index in [9.17, 15) is 9.13 Å². The van der Waals surface area contributed by atoms with Crippen LogP contribution in [0, 0.1) is 0 Å². The molecular weight excluding hydrogens is 382 g/mol. The van der Waals surface area contributed by atoms with E-state index in [0.717, 1.165) is 30.4 Å². The summed E-state index contributed by atoms with van der Waals surface area (Å²) in [5, 5.41) is 0. The molecule has 26 heavy (non-hydrogen) atoms. The number of benzene rings is 1. The van der Waals surface area contributed by atoms with Crippen molar-refractivity contribution in [2.24, 2.45) is 0 Å². The molecule has 8 nitrogen and oxygen atoms in total. The Morgan fingerprint density at radius 1 is 1.08 bits per heavy atom. The Bertz CT molecular complexity index is 641. The molecule has 0 saturated carbocycles. The van der Waals surface area contributed by atoms with E-state index in [4.69, 9.17) is 19.4 Å². The summed E-state index contributed by atoms with van der Waals surface area (Å²) in [4.78, 5) is 26.1. The number of ether oxygens (including phenoxy) is 1. The monoisotopic (exact) mass is 408 g/mol. The van der Waals surface area contributed by atoms with E-state index in [1.165, 1.54) is 0 Å². The molecule has 0 heterocycles. The highest BCUT2D eigenvalue weighted by atomic mass is 31.3. The maximum atomic E-state index is 11.2. The van der Waals surface area contributed by atoms with Gasteiger partial charge in [0.15, 0.2) is 0 Å². The first-order valence-electron chi connectivity index (χ1n) is 8.19. The molecule has 10 heteroatoms. The summed E-state index contributed by atoms with van der Waals surface area (Å²) in [6.45, 7) is 3.05. The van der Waals surface area contributed by atoms with Crippen LogP contribution in [-0.4, -0.2) is 27.9 Å². The molecule has 1 rings (SSSR count). The van der Waals surface area contributed by atoms with Crippen LogP contribution >= 0.6 is 15.6 Å². The van der Waals surface area contributed by atoms with E-state index < -0.39 is 15.6 Å². The lowest BCUT2D eigenvalue weighted by Gasteiger charge is -2.11. The van der Waals surface area contributed by atoms with Crippen molar-refractivity contribution < 1.29 is 37.4 Å². The van der Waals surface area contributed by atoms with Gasteiger partial charge in [-0.2, -0.15) is 4.31 Å². The van der Waals surface area contributed by atoms with Crippen LogP contribution in [0.1, 0.15) is 38.2 Å². The Balaban J connectivity index is 2.09. The van der Waals surface area contributed by atoms with Crippen molar-refractivity contribution in [1.82, 2.24) is 0 Å². The molecule has 0 aliphatic rings. The van der Waals surface area contributed by atoms with Crippen LogP contribution in [0.4, 0.5) is 0 Å². The molecular formula is C16H26O8P2. The van der Waals surface area contributed by atoms with Gasteiger partial charge in [0.1, 0.15) is 0 Å². The molecule has 1 unspecified atom stereocenters. The van der Waals surface area contributed by atoms with Gasteiger partial charge in [-0.25, -0.2) is 9.13 Å². The fourth-order valence-electron chi connectivity index (χ4n) is 2.11. The summed E-state index contributed by atoms with van der Waals surface area (Å²) >= 11 is 0. The first kappa shape index (κ1) is 23.2. The van der Waals surface area contributed by atoms with Crippen molar-refractivity contribution in [2.75, 3.05) is 13.2 Å². The largest absolute Gasteiger partial charge is 0.481 e. The van der Waals surface area contributed by atoms with Gasteiger partial charge in [-0.3, -0.25) is 4.52 Å². The lowest BCUT2D eigenvalue weighted by atomic mass is 10.1. The average Bonchev–Trinajstić information content (AvgIpc) is 2.53.